The van der Waals surface area contributed by atoms with Gasteiger partial charge in [0.25, 0.3) is 0 Å². The molecule has 0 spiro atoms. The fourth-order valence-corrected chi connectivity index (χ4v) is 3.41. The van der Waals surface area contributed by atoms with E-state index in [1.165, 1.54) is 0 Å². The Balaban J connectivity index is 1.98. The van der Waals surface area contributed by atoms with Crippen molar-refractivity contribution in [1.82, 2.24) is 4.81 Å². The van der Waals surface area contributed by atoms with Gasteiger partial charge in [-0.05, 0) is 42.5 Å². The normalized spacial score (nSPS) is 16.4. The van der Waals surface area contributed by atoms with E-state index in [0.29, 0.717) is 5.70 Å². The summed E-state index contributed by atoms with van der Waals surface area (Å²) in [5.41, 5.74) is 2.58. The molecule has 2 nitrogen and oxygen atoms in total. The highest BCUT2D eigenvalue weighted by molar-refractivity contribution is 6.82. The Morgan fingerprint density at radius 2 is 1.78 bits per heavy atom. The first kappa shape index (κ1) is 11.1. The third-order valence-corrected chi connectivity index (χ3v) is 4.75. The Labute approximate surface area is 141 Å². The second-order valence-electron chi connectivity index (χ2n) is 6.03. The molecule has 0 N–H and O–H groups in total. The van der Waals surface area contributed by atoms with Crippen LogP contribution in [-0.2, 0) is 7.05 Å². The molecule has 0 atom stereocenters. The molecular weight excluding hydrogens is 279 g/mol. The van der Waals surface area contributed by atoms with Gasteiger partial charge in [0.05, 0.1) is 0 Å². The minimum atomic E-state index is -2.17. The highest BCUT2D eigenvalue weighted by atomic mass is 15.1. The van der Waals surface area contributed by atoms with Gasteiger partial charge < -0.3 is 4.81 Å². The van der Waals surface area contributed by atoms with Gasteiger partial charge in [0.1, 0.15) is 7.05 Å². The van der Waals surface area contributed by atoms with Crippen LogP contribution >= 0.6 is 0 Å². The Bertz CT molecular complexity index is 1120. The van der Waals surface area contributed by atoms with E-state index in [9.17, 15) is 0 Å². The fourth-order valence-electron chi connectivity index (χ4n) is 3.41. The van der Waals surface area contributed by atoms with E-state index in [1.807, 2.05) is 55.3 Å². The monoisotopic (exact) mass is 302 g/mol. The van der Waals surface area contributed by atoms with E-state index in [4.69, 9.17) is 4.11 Å². The predicted molar refractivity (Wildman–Crippen MR) is 97.5 cm³/mol. The average molecular weight is 302 g/mol. The molecule has 1 aliphatic heterocycles. The number of rotatable bonds is 1. The van der Waals surface area contributed by atoms with Gasteiger partial charge in [-0.25, -0.2) is 4.57 Å². The maximum atomic E-state index is 8.06. The lowest BCUT2D eigenvalue weighted by Gasteiger charge is -2.27. The summed E-state index contributed by atoms with van der Waals surface area (Å²) in [5.74, 6) is 2.15. The van der Waals surface area contributed by atoms with E-state index in [0.717, 1.165) is 26.9 Å². The van der Waals surface area contributed by atoms with Crippen LogP contribution in [-0.4, -0.2) is 18.7 Å². The van der Waals surface area contributed by atoms with Crippen molar-refractivity contribution in [2.24, 2.45) is 7.05 Å². The third kappa shape index (κ3) is 2.15. The fraction of sp³-hybridized carbons (Fsp3) is 0.150. The molecule has 0 saturated carbocycles. The van der Waals surface area contributed by atoms with E-state index in [2.05, 4.69) is 34.8 Å². The zero-order valence-corrected chi connectivity index (χ0v) is 13.3. The van der Waals surface area contributed by atoms with Crippen LogP contribution in [0, 0.1) is 0 Å². The highest BCUT2D eigenvalue weighted by Crippen LogP contribution is 2.10. The summed E-state index contributed by atoms with van der Waals surface area (Å²) < 4.78 is 26.3. The van der Waals surface area contributed by atoms with Crippen LogP contribution in [0.25, 0.3) is 22.6 Å². The van der Waals surface area contributed by atoms with Gasteiger partial charge in [-0.15, -0.1) is 0 Å². The molecular formula is C20H20BN2+. The third-order valence-electron chi connectivity index (χ3n) is 4.75. The number of hydrogen-bond donors (Lipinski definition) is 0. The van der Waals surface area contributed by atoms with Crippen molar-refractivity contribution in [3.63, 3.8) is 0 Å². The number of fused-ring (bicyclic) bond motifs is 2. The van der Waals surface area contributed by atoms with Crippen LogP contribution < -0.4 is 20.6 Å². The lowest BCUT2D eigenvalue weighted by Crippen LogP contribution is -2.62. The van der Waals surface area contributed by atoms with Crippen molar-refractivity contribution in [2.75, 3.05) is 7.05 Å². The SMILES string of the molecule is [2H]C([2H])([2H])C1=c2ccccc2=CB(c2ccc3ccccc3[n+]2C)N1C. The first-order chi connectivity index (χ1) is 12.4. The van der Waals surface area contributed by atoms with Crippen LogP contribution in [0.5, 0.6) is 0 Å². The van der Waals surface area contributed by atoms with Crippen molar-refractivity contribution < 1.29 is 8.68 Å². The molecule has 2 aromatic carbocycles. The quantitative estimate of drug-likeness (QED) is 0.480. The summed E-state index contributed by atoms with van der Waals surface area (Å²) in [6.07, 6.45) is 0. The summed E-state index contributed by atoms with van der Waals surface area (Å²) >= 11 is 0. The number of hydrogen-bond acceptors (Lipinski definition) is 1. The summed E-state index contributed by atoms with van der Waals surface area (Å²) in [4.78, 5) is 1.89. The molecule has 4 rings (SSSR count). The molecule has 112 valence electrons. The van der Waals surface area contributed by atoms with E-state index in [1.54, 1.807) is 0 Å². The van der Waals surface area contributed by atoms with Crippen LogP contribution in [0.4, 0.5) is 0 Å². The lowest BCUT2D eigenvalue weighted by atomic mass is 9.55. The first-order valence-electron chi connectivity index (χ1n) is 9.30. The summed E-state index contributed by atoms with van der Waals surface area (Å²) in [6, 6.07) is 20.1. The van der Waals surface area contributed by atoms with Gasteiger partial charge in [-0.1, -0.05) is 42.4 Å². The molecule has 1 aromatic heterocycles. The van der Waals surface area contributed by atoms with Crippen LogP contribution in [0.15, 0.2) is 60.7 Å². The Morgan fingerprint density at radius 3 is 2.65 bits per heavy atom. The summed E-state index contributed by atoms with van der Waals surface area (Å²) in [6.45, 7) is -2.32. The molecule has 2 heterocycles. The van der Waals surface area contributed by atoms with Gasteiger partial charge in [0.15, 0.2) is 5.59 Å². The highest BCUT2D eigenvalue weighted by Gasteiger charge is 2.31. The molecule has 0 radical (unpaired) electrons. The molecule has 0 amide bonds. The Kier molecular flexibility index (Phi) is 2.54. The van der Waals surface area contributed by atoms with Gasteiger partial charge >= 0.3 is 6.85 Å². The molecule has 23 heavy (non-hydrogen) atoms. The lowest BCUT2D eigenvalue weighted by molar-refractivity contribution is -0.627. The molecule has 0 aliphatic carbocycles. The van der Waals surface area contributed by atoms with Gasteiger partial charge in [0, 0.05) is 21.3 Å². The largest absolute Gasteiger partial charge is 0.408 e. The van der Waals surface area contributed by atoms with Crippen LogP contribution in [0.2, 0.25) is 0 Å². The van der Waals surface area contributed by atoms with Crippen molar-refractivity contribution in [3.05, 3.63) is 71.1 Å². The standard InChI is InChI=1S/C20H20BN2/c1-15-18-10-6-4-9-17(18)14-21(23(15)3)20-13-12-16-8-5-7-11-19(16)22(20)2/h4-14H,1-3H3/q+1/i1D3. The number of aromatic nitrogens is 1. The maximum absolute atomic E-state index is 8.06. The second-order valence-corrected chi connectivity index (χ2v) is 6.03. The number of benzene rings is 2. The topological polar surface area (TPSA) is 7.12 Å². The van der Waals surface area contributed by atoms with Crippen LogP contribution in [0.3, 0.4) is 0 Å². The smallest absolute Gasteiger partial charge is 0.396 e. The molecule has 0 unspecified atom stereocenters. The van der Waals surface area contributed by atoms with E-state index < -0.39 is 6.85 Å². The zero-order valence-electron chi connectivity index (χ0n) is 16.3. The number of pyridine rings is 1. The number of aryl methyl sites for hydroxylation is 1. The van der Waals surface area contributed by atoms with Crippen molar-refractivity contribution in [3.8, 4) is 0 Å². The Morgan fingerprint density at radius 1 is 1.00 bits per heavy atom. The van der Waals surface area contributed by atoms with Crippen LogP contribution in [0.1, 0.15) is 11.0 Å². The first-order valence-corrected chi connectivity index (χ1v) is 7.80. The minimum Gasteiger partial charge on any atom is -0.408 e. The predicted octanol–water partition coefficient (Wildman–Crippen LogP) is 0.956. The number of para-hydroxylation sites is 1. The summed E-state index contributed by atoms with van der Waals surface area (Å²) in [5, 5.41) is 2.92. The molecule has 0 fully saturated rings. The summed E-state index contributed by atoms with van der Waals surface area (Å²) in [7, 11) is 3.91. The van der Waals surface area contributed by atoms with Gasteiger partial charge in [0.2, 0.25) is 5.52 Å². The van der Waals surface area contributed by atoms with Gasteiger partial charge in [-0.2, -0.15) is 0 Å². The maximum Gasteiger partial charge on any atom is 0.396 e. The van der Waals surface area contributed by atoms with Crippen molar-refractivity contribution >= 4 is 35.0 Å². The average Bonchev–Trinajstić information content (AvgIpc) is 2.61. The molecule has 3 aromatic rings. The zero-order chi connectivity index (χ0) is 18.5. The number of nitrogens with zero attached hydrogens (tertiary/aromatic N) is 2. The molecule has 0 bridgehead atoms. The van der Waals surface area contributed by atoms with Crippen molar-refractivity contribution in [2.45, 2.75) is 6.85 Å². The molecule has 0 saturated heterocycles. The molecule has 1 aliphatic rings. The second kappa shape index (κ2) is 5.27. The van der Waals surface area contributed by atoms with Gasteiger partial charge in [-0.3, -0.25) is 0 Å². The van der Waals surface area contributed by atoms with E-state index in [-0.39, 0.29) is 6.85 Å². The Hall–Kier alpha value is -2.55. The van der Waals surface area contributed by atoms with Crippen molar-refractivity contribution in [1.29, 1.82) is 0 Å². The minimum absolute atomic E-state index is 0.144. The molecule has 3 heteroatoms. The van der Waals surface area contributed by atoms with E-state index >= 15 is 0 Å².